The summed E-state index contributed by atoms with van der Waals surface area (Å²) in [6, 6.07) is 16.6. The molecule has 2 saturated heterocycles. The zero-order chi connectivity index (χ0) is 26.0. The molecule has 6 nitrogen and oxygen atoms in total. The highest BCUT2D eigenvalue weighted by Crippen LogP contribution is 2.32. The maximum atomic E-state index is 13.3. The van der Waals surface area contributed by atoms with Gasteiger partial charge < -0.3 is 14.7 Å². The third kappa shape index (κ3) is 5.82. The summed E-state index contributed by atoms with van der Waals surface area (Å²) < 4.78 is 39.3. The van der Waals surface area contributed by atoms with Gasteiger partial charge in [0, 0.05) is 55.5 Å². The van der Waals surface area contributed by atoms with Crippen LogP contribution in [-0.4, -0.2) is 60.3 Å². The van der Waals surface area contributed by atoms with Crippen LogP contribution in [0.25, 0.3) is 11.3 Å². The first-order chi connectivity index (χ1) is 17.8. The zero-order valence-electron chi connectivity index (χ0n) is 20.2. The van der Waals surface area contributed by atoms with E-state index in [2.05, 4.69) is 15.1 Å². The molecular weight excluding hydrogens is 503 g/mol. The van der Waals surface area contributed by atoms with Crippen LogP contribution in [0.5, 0.6) is 0 Å². The summed E-state index contributed by atoms with van der Waals surface area (Å²) in [6.45, 7) is 3.36. The monoisotopic (exact) mass is 529 g/mol. The molecule has 1 aromatic heterocycles. The summed E-state index contributed by atoms with van der Waals surface area (Å²) in [5.41, 5.74) is 1.56. The second-order valence-corrected chi connectivity index (χ2v) is 9.87. The third-order valence-corrected chi connectivity index (χ3v) is 7.27. The van der Waals surface area contributed by atoms with Gasteiger partial charge >= 0.3 is 6.18 Å². The summed E-state index contributed by atoms with van der Waals surface area (Å²) in [5.74, 6) is 0.690. The number of amides is 1. The Bertz CT molecular complexity index is 1230. The molecule has 194 valence electrons. The molecule has 3 heterocycles. The Labute approximate surface area is 218 Å². The standard InChI is InChI=1S/C27H27ClF3N5O/c28-22-8-6-19(7-9-22)24-10-11-25(33-32-24)36-12-2-3-20(18-36)26(37)35-15-13-34(14-16-35)23-5-1-4-21(17-23)27(29,30)31/h1,4-11,17,20H,2-3,12-16,18H2. The number of rotatable bonds is 4. The number of hydrogen-bond acceptors (Lipinski definition) is 5. The van der Waals surface area contributed by atoms with Gasteiger partial charge in [-0.3, -0.25) is 4.79 Å². The largest absolute Gasteiger partial charge is 0.416 e. The first-order valence-electron chi connectivity index (χ1n) is 12.3. The molecule has 10 heteroatoms. The number of anilines is 2. The van der Waals surface area contributed by atoms with Crippen molar-refractivity contribution in [1.82, 2.24) is 15.1 Å². The van der Waals surface area contributed by atoms with E-state index >= 15 is 0 Å². The normalized spacial score (nSPS) is 18.7. The van der Waals surface area contributed by atoms with Crippen molar-refractivity contribution in [3.8, 4) is 11.3 Å². The van der Waals surface area contributed by atoms with Gasteiger partial charge in [0.05, 0.1) is 17.2 Å². The van der Waals surface area contributed by atoms with Gasteiger partial charge in [0.1, 0.15) is 0 Å². The lowest BCUT2D eigenvalue weighted by Gasteiger charge is -2.40. The van der Waals surface area contributed by atoms with Crippen molar-refractivity contribution in [2.45, 2.75) is 19.0 Å². The van der Waals surface area contributed by atoms with Crippen molar-refractivity contribution in [2.75, 3.05) is 49.1 Å². The van der Waals surface area contributed by atoms with E-state index in [9.17, 15) is 18.0 Å². The van der Waals surface area contributed by atoms with Crippen molar-refractivity contribution in [3.05, 3.63) is 71.2 Å². The van der Waals surface area contributed by atoms with Gasteiger partial charge in [-0.05, 0) is 55.3 Å². The lowest BCUT2D eigenvalue weighted by molar-refractivity contribution is -0.137. The molecule has 2 aromatic carbocycles. The van der Waals surface area contributed by atoms with Crippen LogP contribution >= 0.6 is 11.6 Å². The molecule has 0 bridgehead atoms. The minimum Gasteiger partial charge on any atom is -0.368 e. The smallest absolute Gasteiger partial charge is 0.368 e. The molecule has 1 amide bonds. The number of halogens is 4. The van der Waals surface area contributed by atoms with E-state index in [0.29, 0.717) is 43.4 Å². The number of piperidine rings is 1. The summed E-state index contributed by atoms with van der Waals surface area (Å²) in [6.07, 6.45) is -2.69. The molecule has 2 fully saturated rings. The number of alkyl halides is 3. The number of nitrogens with zero attached hydrogens (tertiary/aromatic N) is 5. The van der Waals surface area contributed by atoms with Crippen LogP contribution in [0.1, 0.15) is 18.4 Å². The Kier molecular flexibility index (Phi) is 7.24. The van der Waals surface area contributed by atoms with Gasteiger partial charge in [0.15, 0.2) is 5.82 Å². The van der Waals surface area contributed by atoms with Crippen molar-refractivity contribution < 1.29 is 18.0 Å². The predicted octanol–water partition coefficient (Wildman–Crippen LogP) is 5.38. The molecule has 0 N–H and O–H groups in total. The fourth-order valence-electron chi connectivity index (χ4n) is 4.98. The quantitative estimate of drug-likeness (QED) is 0.454. The van der Waals surface area contributed by atoms with Crippen LogP contribution in [0.3, 0.4) is 0 Å². The highest BCUT2D eigenvalue weighted by molar-refractivity contribution is 6.30. The van der Waals surface area contributed by atoms with Crippen molar-refractivity contribution >= 4 is 29.0 Å². The van der Waals surface area contributed by atoms with Crippen molar-refractivity contribution in [2.24, 2.45) is 5.92 Å². The molecule has 0 aliphatic carbocycles. The number of carbonyl (C=O) groups is 1. The minimum atomic E-state index is -4.37. The first kappa shape index (κ1) is 25.3. The summed E-state index contributed by atoms with van der Waals surface area (Å²) in [4.78, 5) is 19.2. The predicted molar refractivity (Wildman–Crippen MR) is 138 cm³/mol. The molecule has 2 aliphatic rings. The van der Waals surface area contributed by atoms with Crippen molar-refractivity contribution in [1.29, 1.82) is 0 Å². The first-order valence-corrected chi connectivity index (χ1v) is 12.7. The van der Waals surface area contributed by atoms with Gasteiger partial charge in [0.2, 0.25) is 5.91 Å². The molecule has 37 heavy (non-hydrogen) atoms. The molecule has 0 spiro atoms. The Morgan fingerprint density at radius 2 is 1.65 bits per heavy atom. The molecular formula is C27H27ClF3N5O. The Morgan fingerprint density at radius 1 is 0.892 bits per heavy atom. The molecule has 2 aliphatic heterocycles. The van der Waals surface area contributed by atoms with Gasteiger partial charge in [-0.2, -0.15) is 13.2 Å². The van der Waals surface area contributed by atoms with Gasteiger partial charge in [0.25, 0.3) is 0 Å². The van der Waals surface area contributed by atoms with Crippen LogP contribution in [0.4, 0.5) is 24.7 Å². The van der Waals surface area contributed by atoms with E-state index in [1.54, 1.807) is 6.07 Å². The molecule has 1 unspecified atom stereocenters. The second kappa shape index (κ2) is 10.6. The summed E-state index contributed by atoms with van der Waals surface area (Å²) in [7, 11) is 0. The van der Waals surface area contributed by atoms with E-state index in [4.69, 9.17) is 11.6 Å². The average molecular weight is 530 g/mol. The van der Waals surface area contributed by atoms with Crippen LogP contribution < -0.4 is 9.80 Å². The topological polar surface area (TPSA) is 52.6 Å². The molecule has 5 rings (SSSR count). The zero-order valence-corrected chi connectivity index (χ0v) is 20.9. The van der Waals surface area contributed by atoms with Crippen LogP contribution in [-0.2, 0) is 11.0 Å². The van der Waals surface area contributed by atoms with E-state index in [1.807, 2.05) is 46.2 Å². The average Bonchev–Trinajstić information content (AvgIpc) is 2.93. The molecule has 0 radical (unpaired) electrons. The Balaban J connectivity index is 1.18. The fraction of sp³-hybridized carbons (Fsp3) is 0.370. The van der Waals surface area contributed by atoms with Crippen LogP contribution in [0.15, 0.2) is 60.7 Å². The van der Waals surface area contributed by atoms with Crippen molar-refractivity contribution in [3.63, 3.8) is 0 Å². The summed E-state index contributed by atoms with van der Waals surface area (Å²) >= 11 is 5.96. The molecule has 0 saturated carbocycles. The number of benzene rings is 2. The highest BCUT2D eigenvalue weighted by Gasteiger charge is 2.33. The Morgan fingerprint density at radius 3 is 2.32 bits per heavy atom. The number of hydrogen-bond donors (Lipinski definition) is 0. The fourth-order valence-corrected chi connectivity index (χ4v) is 5.10. The van der Waals surface area contributed by atoms with Crippen LogP contribution in [0, 0.1) is 5.92 Å². The third-order valence-electron chi connectivity index (χ3n) is 7.02. The second-order valence-electron chi connectivity index (χ2n) is 9.43. The van der Waals surface area contributed by atoms with Gasteiger partial charge in [-0.15, -0.1) is 10.2 Å². The van der Waals surface area contributed by atoms with E-state index in [1.165, 1.54) is 12.1 Å². The maximum absolute atomic E-state index is 13.3. The lowest BCUT2D eigenvalue weighted by Crippen LogP contribution is -2.52. The van der Waals surface area contributed by atoms with Crippen LogP contribution in [0.2, 0.25) is 5.02 Å². The lowest BCUT2D eigenvalue weighted by atomic mass is 9.96. The van der Waals surface area contributed by atoms with Gasteiger partial charge in [-0.1, -0.05) is 29.8 Å². The maximum Gasteiger partial charge on any atom is 0.416 e. The minimum absolute atomic E-state index is 0.0964. The summed E-state index contributed by atoms with van der Waals surface area (Å²) in [5, 5.41) is 9.43. The Hall–Kier alpha value is -3.33. The SMILES string of the molecule is O=C(C1CCCN(c2ccc(-c3ccc(Cl)cc3)nn2)C1)N1CCN(c2cccc(C(F)(F)F)c2)CC1. The molecule has 1 atom stereocenters. The van der Waals surface area contributed by atoms with E-state index in [-0.39, 0.29) is 11.8 Å². The number of carbonyl (C=O) groups excluding carboxylic acids is 1. The number of piperazine rings is 1. The van der Waals surface area contributed by atoms with E-state index in [0.717, 1.165) is 42.5 Å². The van der Waals surface area contributed by atoms with E-state index < -0.39 is 11.7 Å². The molecule has 3 aromatic rings. The number of aromatic nitrogens is 2. The highest BCUT2D eigenvalue weighted by atomic mass is 35.5. The van der Waals surface area contributed by atoms with Gasteiger partial charge in [-0.25, -0.2) is 0 Å².